The van der Waals surface area contributed by atoms with Gasteiger partial charge in [-0.3, -0.25) is 5.10 Å². The van der Waals surface area contributed by atoms with E-state index >= 15 is 0 Å². The van der Waals surface area contributed by atoms with Gasteiger partial charge in [-0.2, -0.15) is 10.1 Å². The topological polar surface area (TPSA) is 92.9 Å². The minimum absolute atomic E-state index is 0.308. The SMILES string of the molecule is Cc1nc(N)nc2c1C=C(c1ccn[nH]1)CN2[C@H]1CCCOC1. The van der Waals surface area contributed by atoms with E-state index in [1.807, 2.05) is 13.0 Å². The maximum absolute atomic E-state index is 5.89. The smallest absolute Gasteiger partial charge is 0.222 e. The number of aromatic amines is 1. The quantitative estimate of drug-likeness (QED) is 0.875. The molecule has 2 aromatic rings. The number of nitrogens with zero attached hydrogens (tertiary/aromatic N) is 4. The van der Waals surface area contributed by atoms with Crippen molar-refractivity contribution in [2.24, 2.45) is 0 Å². The van der Waals surface area contributed by atoms with Crippen LogP contribution in [0.4, 0.5) is 11.8 Å². The number of H-pyrrole nitrogens is 1. The summed E-state index contributed by atoms with van der Waals surface area (Å²) in [6.45, 7) is 4.29. The van der Waals surface area contributed by atoms with Crippen molar-refractivity contribution in [3.05, 3.63) is 29.2 Å². The number of fused-ring (bicyclic) bond motifs is 1. The molecule has 0 unspecified atom stereocenters. The molecule has 2 aliphatic heterocycles. The van der Waals surface area contributed by atoms with Gasteiger partial charge in [0.1, 0.15) is 5.82 Å². The molecular formula is C16H20N6O. The van der Waals surface area contributed by atoms with Crippen LogP contribution in [0.25, 0.3) is 11.6 Å². The average Bonchev–Trinajstić information content (AvgIpc) is 3.09. The second kappa shape index (κ2) is 5.66. The zero-order valence-electron chi connectivity index (χ0n) is 13.1. The van der Waals surface area contributed by atoms with Crippen molar-refractivity contribution in [1.82, 2.24) is 20.2 Å². The van der Waals surface area contributed by atoms with E-state index < -0.39 is 0 Å². The first-order valence-electron chi connectivity index (χ1n) is 7.91. The Morgan fingerprint density at radius 3 is 3.04 bits per heavy atom. The van der Waals surface area contributed by atoms with Gasteiger partial charge in [-0.15, -0.1) is 0 Å². The van der Waals surface area contributed by atoms with Crippen LogP contribution in [0.2, 0.25) is 0 Å². The van der Waals surface area contributed by atoms with Gasteiger partial charge in [0.15, 0.2) is 0 Å². The molecule has 2 aliphatic rings. The number of hydrogen-bond donors (Lipinski definition) is 2. The van der Waals surface area contributed by atoms with Crippen molar-refractivity contribution in [2.75, 3.05) is 30.4 Å². The van der Waals surface area contributed by atoms with Crippen LogP contribution in [0.1, 0.15) is 29.8 Å². The van der Waals surface area contributed by atoms with Gasteiger partial charge in [0.05, 0.1) is 24.0 Å². The third kappa shape index (κ3) is 2.57. The van der Waals surface area contributed by atoms with Crippen LogP contribution >= 0.6 is 0 Å². The van der Waals surface area contributed by atoms with Crippen molar-refractivity contribution in [3.63, 3.8) is 0 Å². The molecule has 7 nitrogen and oxygen atoms in total. The highest BCUT2D eigenvalue weighted by Gasteiger charge is 2.30. The third-order valence-corrected chi connectivity index (χ3v) is 4.49. The van der Waals surface area contributed by atoms with E-state index in [0.29, 0.717) is 12.0 Å². The molecule has 1 fully saturated rings. The third-order valence-electron chi connectivity index (χ3n) is 4.49. The zero-order chi connectivity index (χ0) is 15.8. The fourth-order valence-corrected chi connectivity index (χ4v) is 3.32. The van der Waals surface area contributed by atoms with Crippen LogP contribution in [-0.4, -0.2) is 46.0 Å². The van der Waals surface area contributed by atoms with Crippen LogP contribution < -0.4 is 10.6 Å². The lowest BCUT2D eigenvalue weighted by atomic mass is 9.99. The summed E-state index contributed by atoms with van der Waals surface area (Å²) in [6.07, 6.45) is 6.07. The van der Waals surface area contributed by atoms with Crippen molar-refractivity contribution in [3.8, 4) is 0 Å². The molecule has 120 valence electrons. The summed E-state index contributed by atoms with van der Waals surface area (Å²) in [5.41, 5.74) is 10.0. The minimum atomic E-state index is 0.308. The Kier molecular flexibility index (Phi) is 3.49. The van der Waals surface area contributed by atoms with Gasteiger partial charge in [0, 0.05) is 24.9 Å². The Morgan fingerprint density at radius 2 is 2.30 bits per heavy atom. The fraction of sp³-hybridized carbons (Fsp3) is 0.438. The lowest BCUT2D eigenvalue weighted by molar-refractivity contribution is 0.0797. The molecule has 0 radical (unpaired) electrons. The van der Waals surface area contributed by atoms with E-state index in [9.17, 15) is 0 Å². The highest BCUT2D eigenvalue weighted by atomic mass is 16.5. The maximum atomic E-state index is 5.89. The second-order valence-corrected chi connectivity index (χ2v) is 6.04. The molecule has 0 amide bonds. The van der Waals surface area contributed by atoms with E-state index in [-0.39, 0.29) is 0 Å². The molecule has 0 bridgehead atoms. The Hall–Kier alpha value is -2.41. The zero-order valence-corrected chi connectivity index (χ0v) is 13.1. The monoisotopic (exact) mass is 312 g/mol. The highest BCUT2D eigenvalue weighted by Crippen LogP contribution is 2.35. The van der Waals surface area contributed by atoms with E-state index in [1.54, 1.807) is 6.20 Å². The number of nitrogens with two attached hydrogens (primary N) is 1. The van der Waals surface area contributed by atoms with Crippen molar-refractivity contribution in [1.29, 1.82) is 0 Å². The number of aryl methyl sites for hydroxylation is 1. The Balaban J connectivity index is 1.80. The first-order valence-corrected chi connectivity index (χ1v) is 7.91. The Morgan fingerprint density at radius 1 is 1.39 bits per heavy atom. The van der Waals surface area contributed by atoms with E-state index in [1.165, 1.54) is 5.57 Å². The van der Waals surface area contributed by atoms with Gasteiger partial charge in [0.2, 0.25) is 5.95 Å². The Labute approximate surface area is 134 Å². The van der Waals surface area contributed by atoms with E-state index in [2.05, 4.69) is 31.1 Å². The normalized spacial score (nSPS) is 21.0. The molecule has 0 saturated carbocycles. The molecule has 1 saturated heterocycles. The lowest BCUT2D eigenvalue weighted by Crippen LogP contribution is -2.44. The first-order chi connectivity index (χ1) is 11.2. The number of ether oxygens (including phenoxy) is 1. The molecule has 0 aliphatic carbocycles. The summed E-state index contributed by atoms with van der Waals surface area (Å²) in [6, 6.07) is 2.29. The molecule has 0 spiro atoms. The number of rotatable bonds is 2. The van der Waals surface area contributed by atoms with Gasteiger partial charge in [-0.1, -0.05) is 0 Å². The molecule has 1 atom stereocenters. The number of anilines is 2. The second-order valence-electron chi connectivity index (χ2n) is 6.04. The summed E-state index contributed by atoms with van der Waals surface area (Å²) in [4.78, 5) is 11.1. The summed E-state index contributed by atoms with van der Waals surface area (Å²) in [7, 11) is 0. The summed E-state index contributed by atoms with van der Waals surface area (Å²) in [5, 5.41) is 7.12. The van der Waals surface area contributed by atoms with Gasteiger partial charge >= 0.3 is 0 Å². The van der Waals surface area contributed by atoms with Gasteiger partial charge in [-0.25, -0.2) is 4.98 Å². The van der Waals surface area contributed by atoms with Crippen LogP contribution in [0.3, 0.4) is 0 Å². The van der Waals surface area contributed by atoms with Gasteiger partial charge in [-0.05, 0) is 37.5 Å². The minimum Gasteiger partial charge on any atom is -0.379 e. The lowest BCUT2D eigenvalue weighted by Gasteiger charge is -2.38. The predicted molar refractivity (Wildman–Crippen MR) is 88.8 cm³/mol. The van der Waals surface area contributed by atoms with E-state index in [0.717, 1.165) is 55.4 Å². The van der Waals surface area contributed by atoms with Crippen molar-refractivity contribution < 1.29 is 4.74 Å². The first kappa shape index (κ1) is 14.2. The highest BCUT2D eigenvalue weighted by molar-refractivity contribution is 5.90. The molecule has 23 heavy (non-hydrogen) atoms. The molecule has 4 rings (SSSR count). The van der Waals surface area contributed by atoms with Crippen molar-refractivity contribution >= 4 is 23.4 Å². The van der Waals surface area contributed by atoms with Crippen LogP contribution in [0.5, 0.6) is 0 Å². The number of nitrogen functional groups attached to an aromatic ring is 1. The molecule has 4 heterocycles. The largest absolute Gasteiger partial charge is 0.379 e. The van der Waals surface area contributed by atoms with Crippen LogP contribution in [0.15, 0.2) is 12.3 Å². The summed E-state index contributed by atoms with van der Waals surface area (Å²) in [5.74, 6) is 1.23. The number of hydrogen-bond acceptors (Lipinski definition) is 6. The van der Waals surface area contributed by atoms with Crippen LogP contribution in [-0.2, 0) is 4.74 Å². The Bertz CT molecular complexity index is 733. The number of nitrogens with one attached hydrogen (secondary N) is 1. The van der Waals surface area contributed by atoms with Crippen molar-refractivity contribution in [2.45, 2.75) is 25.8 Å². The molecule has 3 N–H and O–H groups in total. The predicted octanol–water partition coefficient (Wildman–Crippen LogP) is 1.63. The average molecular weight is 312 g/mol. The standard InChI is InChI=1S/C16H20N6O/c1-10-13-7-11(14-4-5-18-21-14)8-22(12-3-2-6-23-9-12)15(13)20-16(17)19-10/h4-5,7,12H,2-3,6,8-9H2,1H3,(H,18,21)(H2,17,19,20)/t12-/m0/s1. The molecular weight excluding hydrogens is 292 g/mol. The van der Waals surface area contributed by atoms with Gasteiger partial charge < -0.3 is 15.4 Å². The van der Waals surface area contributed by atoms with Crippen LogP contribution in [0, 0.1) is 6.92 Å². The summed E-state index contributed by atoms with van der Waals surface area (Å²) < 4.78 is 5.68. The molecule has 0 aromatic carbocycles. The maximum Gasteiger partial charge on any atom is 0.222 e. The fourth-order valence-electron chi connectivity index (χ4n) is 3.32. The molecule has 2 aromatic heterocycles. The van der Waals surface area contributed by atoms with Gasteiger partial charge in [0.25, 0.3) is 0 Å². The number of aromatic nitrogens is 4. The van der Waals surface area contributed by atoms with E-state index in [4.69, 9.17) is 10.5 Å². The summed E-state index contributed by atoms with van der Waals surface area (Å²) >= 11 is 0. The molecule has 7 heteroatoms.